The SMILES string of the molecule is CN(C)Sc1scc(N=C(N)C(N)=NCc2ccoc2)c1O. The molecule has 0 saturated carbocycles. The Balaban J connectivity index is 2.11. The molecule has 0 aliphatic heterocycles. The van der Waals surface area contributed by atoms with Crippen molar-refractivity contribution in [3.63, 3.8) is 0 Å². The van der Waals surface area contributed by atoms with E-state index in [0.29, 0.717) is 12.2 Å². The van der Waals surface area contributed by atoms with E-state index in [0.717, 1.165) is 9.77 Å². The molecule has 2 rings (SSSR count). The predicted molar refractivity (Wildman–Crippen MR) is 90.8 cm³/mol. The van der Waals surface area contributed by atoms with E-state index in [1.807, 2.05) is 18.4 Å². The van der Waals surface area contributed by atoms with Gasteiger partial charge >= 0.3 is 0 Å². The lowest BCUT2D eigenvalue weighted by atomic mass is 10.3. The molecule has 0 bridgehead atoms. The van der Waals surface area contributed by atoms with E-state index < -0.39 is 0 Å². The second kappa shape index (κ2) is 7.34. The molecule has 9 heteroatoms. The molecule has 5 N–H and O–H groups in total. The Hall–Kier alpha value is -1.97. The van der Waals surface area contributed by atoms with Gasteiger partial charge in [-0.15, -0.1) is 11.3 Å². The molecule has 0 radical (unpaired) electrons. The first-order valence-corrected chi connectivity index (χ1v) is 7.94. The summed E-state index contributed by atoms with van der Waals surface area (Å²) in [5, 5.41) is 11.8. The highest BCUT2D eigenvalue weighted by Crippen LogP contribution is 2.43. The average Bonchev–Trinajstić information content (AvgIpc) is 3.09. The van der Waals surface area contributed by atoms with Crippen molar-refractivity contribution in [2.45, 2.75) is 10.8 Å². The van der Waals surface area contributed by atoms with Gasteiger partial charge in [0.1, 0.15) is 9.90 Å². The van der Waals surface area contributed by atoms with Crippen LogP contribution in [-0.2, 0) is 6.54 Å². The van der Waals surface area contributed by atoms with Crippen LogP contribution in [0.15, 0.2) is 42.6 Å². The maximum Gasteiger partial charge on any atom is 0.167 e. The fourth-order valence-corrected chi connectivity index (χ4v) is 3.35. The molecule has 0 spiro atoms. The molecule has 2 aromatic heterocycles. The van der Waals surface area contributed by atoms with Crippen LogP contribution in [0.4, 0.5) is 5.69 Å². The van der Waals surface area contributed by atoms with Crippen LogP contribution in [-0.4, -0.2) is 35.2 Å². The number of hydrogen-bond acceptors (Lipinski definition) is 7. The van der Waals surface area contributed by atoms with Gasteiger partial charge in [0.2, 0.25) is 0 Å². The van der Waals surface area contributed by atoms with Crippen LogP contribution in [0.5, 0.6) is 5.75 Å². The number of nitrogens with two attached hydrogens (primary N) is 2. The van der Waals surface area contributed by atoms with Crippen LogP contribution in [0.25, 0.3) is 0 Å². The molecular weight excluding hydrogens is 322 g/mol. The summed E-state index contributed by atoms with van der Waals surface area (Å²) in [6, 6.07) is 1.79. The first-order valence-electron chi connectivity index (χ1n) is 6.28. The molecule has 0 amide bonds. The van der Waals surface area contributed by atoms with E-state index in [4.69, 9.17) is 15.9 Å². The number of hydrogen-bond donors (Lipinski definition) is 3. The summed E-state index contributed by atoms with van der Waals surface area (Å²) in [7, 11) is 3.78. The van der Waals surface area contributed by atoms with Gasteiger partial charge in [-0.25, -0.2) is 4.99 Å². The standard InChI is InChI=1S/C13H17N5O2S2/c1-18(2)22-13-10(19)9(7-21-13)17-12(15)11(14)16-5-8-3-4-20-6-8/h3-4,6-7,19H,5H2,1-2H3,(H2,14,16)(H2,15,17). The zero-order valence-corrected chi connectivity index (χ0v) is 13.8. The third-order valence-electron chi connectivity index (χ3n) is 2.49. The van der Waals surface area contributed by atoms with Gasteiger partial charge in [-0.05, 0) is 32.1 Å². The fraction of sp³-hybridized carbons (Fsp3) is 0.231. The quantitative estimate of drug-likeness (QED) is 0.437. The van der Waals surface area contributed by atoms with Gasteiger partial charge < -0.3 is 21.0 Å². The topological polar surface area (TPSA) is 113 Å². The maximum absolute atomic E-state index is 10.1. The highest BCUT2D eigenvalue weighted by molar-refractivity contribution is 7.99. The van der Waals surface area contributed by atoms with Gasteiger partial charge in [-0.1, -0.05) is 0 Å². The lowest BCUT2D eigenvalue weighted by Crippen LogP contribution is -2.31. The van der Waals surface area contributed by atoms with Crippen LogP contribution in [0, 0.1) is 0 Å². The first-order chi connectivity index (χ1) is 10.5. The first kappa shape index (κ1) is 16.4. The molecule has 0 atom stereocenters. The number of aromatic hydroxyl groups is 1. The second-order valence-corrected chi connectivity index (χ2v) is 6.95. The minimum absolute atomic E-state index is 0.0676. The van der Waals surface area contributed by atoms with E-state index in [1.165, 1.54) is 23.3 Å². The van der Waals surface area contributed by atoms with E-state index in [-0.39, 0.29) is 17.4 Å². The zero-order valence-electron chi connectivity index (χ0n) is 12.2. The summed E-state index contributed by atoms with van der Waals surface area (Å²) in [6.45, 7) is 0.357. The lowest BCUT2D eigenvalue weighted by Gasteiger charge is -2.06. The second-order valence-electron chi connectivity index (χ2n) is 4.49. The third kappa shape index (κ3) is 4.26. The van der Waals surface area contributed by atoms with Crippen LogP contribution in [0.1, 0.15) is 5.56 Å². The van der Waals surface area contributed by atoms with E-state index in [1.54, 1.807) is 24.0 Å². The number of aliphatic imine (C=N–C) groups is 2. The predicted octanol–water partition coefficient (Wildman–Crippen LogP) is 2.16. The summed E-state index contributed by atoms with van der Waals surface area (Å²) >= 11 is 2.79. The molecule has 0 aliphatic carbocycles. The van der Waals surface area contributed by atoms with Crippen LogP contribution < -0.4 is 11.5 Å². The number of rotatable bonds is 5. The van der Waals surface area contributed by atoms with Crippen LogP contribution in [0.2, 0.25) is 0 Å². The van der Waals surface area contributed by atoms with Crippen LogP contribution in [0.3, 0.4) is 0 Å². The van der Waals surface area contributed by atoms with E-state index in [9.17, 15) is 5.11 Å². The maximum atomic E-state index is 10.1. The Labute approximate surface area is 136 Å². The highest BCUT2D eigenvalue weighted by Gasteiger charge is 2.13. The molecular formula is C13H17N5O2S2. The van der Waals surface area contributed by atoms with E-state index in [2.05, 4.69) is 9.98 Å². The van der Waals surface area contributed by atoms with Crippen molar-refractivity contribution in [2.24, 2.45) is 21.5 Å². The molecule has 0 aliphatic rings. The molecule has 22 heavy (non-hydrogen) atoms. The molecule has 0 saturated heterocycles. The van der Waals surface area contributed by atoms with Gasteiger partial charge in [0.15, 0.2) is 17.4 Å². The number of furan rings is 1. The molecule has 0 unspecified atom stereocenters. The summed E-state index contributed by atoms with van der Waals surface area (Å²) in [5.41, 5.74) is 12.9. The summed E-state index contributed by atoms with van der Waals surface area (Å²) < 4.78 is 7.56. The minimum Gasteiger partial charge on any atom is -0.504 e. The Morgan fingerprint density at radius 1 is 1.41 bits per heavy atom. The van der Waals surface area contributed by atoms with Gasteiger partial charge in [0.05, 0.1) is 19.1 Å². The van der Waals surface area contributed by atoms with Crippen molar-refractivity contribution in [1.29, 1.82) is 0 Å². The van der Waals surface area contributed by atoms with Crippen molar-refractivity contribution >= 4 is 40.6 Å². The Kier molecular flexibility index (Phi) is 5.47. The van der Waals surface area contributed by atoms with Gasteiger partial charge in [0.25, 0.3) is 0 Å². The third-order valence-corrected chi connectivity index (χ3v) is 4.48. The average molecular weight is 339 g/mol. The number of thiophene rings is 1. The van der Waals surface area contributed by atoms with Crippen molar-refractivity contribution in [3.05, 3.63) is 29.5 Å². The van der Waals surface area contributed by atoms with Crippen molar-refractivity contribution in [3.8, 4) is 5.75 Å². The molecule has 7 nitrogen and oxygen atoms in total. The summed E-state index contributed by atoms with van der Waals surface area (Å²) in [5.74, 6) is 0.279. The number of amidine groups is 2. The van der Waals surface area contributed by atoms with E-state index >= 15 is 0 Å². The van der Waals surface area contributed by atoms with Crippen LogP contribution >= 0.6 is 23.3 Å². The minimum atomic E-state index is 0.0676. The van der Waals surface area contributed by atoms with Gasteiger partial charge in [-0.3, -0.25) is 9.30 Å². The smallest absolute Gasteiger partial charge is 0.167 e. The molecule has 118 valence electrons. The highest BCUT2D eigenvalue weighted by atomic mass is 32.2. The summed E-state index contributed by atoms with van der Waals surface area (Å²) in [6.07, 6.45) is 3.14. The van der Waals surface area contributed by atoms with Crippen molar-refractivity contribution < 1.29 is 9.52 Å². The largest absolute Gasteiger partial charge is 0.504 e. The van der Waals surface area contributed by atoms with Gasteiger partial charge in [-0.2, -0.15) is 0 Å². The van der Waals surface area contributed by atoms with Gasteiger partial charge in [0, 0.05) is 10.9 Å². The Morgan fingerprint density at radius 3 is 2.82 bits per heavy atom. The zero-order chi connectivity index (χ0) is 16.1. The Bertz CT molecular complexity index is 677. The number of nitrogens with zero attached hydrogens (tertiary/aromatic N) is 3. The van der Waals surface area contributed by atoms with Crippen molar-refractivity contribution in [2.75, 3.05) is 14.1 Å². The summed E-state index contributed by atoms with van der Waals surface area (Å²) in [4.78, 5) is 8.26. The monoisotopic (exact) mass is 339 g/mol. The Morgan fingerprint density at radius 2 is 2.18 bits per heavy atom. The molecule has 0 aromatic carbocycles. The van der Waals surface area contributed by atoms with Crippen molar-refractivity contribution in [1.82, 2.24) is 4.31 Å². The lowest BCUT2D eigenvalue weighted by molar-refractivity contribution is 0.468. The molecule has 2 heterocycles. The fourth-order valence-electron chi connectivity index (χ4n) is 1.46. The normalized spacial score (nSPS) is 13.0. The molecule has 2 aromatic rings. The molecule has 0 fully saturated rings.